The van der Waals surface area contributed by atoms with E-state index in [9.17, 15) is 4.79 Å². The molecule has 18 heavy (non-hydrogen) atoms. The van der Waals surface area contributed by atoms with E-state index >= 15 is 0 Å². The standard InChI is InChI=1S/C14H20N2O2/c1-9(2)8-15-10(3)6-11-4-5-12-13(7-11)18-14(17)16-12/h4-5,7,9-10,15H,6,8H2,1-3H3,(H,16,17). The lowest BCUT2D eigenvalue weighted by Crippen LogP contribution is -2.31. The molecule has 0 fully saturated rings. The van der Waals surface area contributed by atoms with Gasteiger partial charge in [-0.15, -0.1) is 0 Å². The van der Waals surface area contributed by atoms with Gasteiger partial charge in [0.15, 0.2) is 5.58 Å². The number of hydrogen-bond acceptors (Lipinski definition) is 3. The van der Waals surface area contributed by atoms with Crippen LogP contribution >= 0.6 is 0 Å². The van der Waals surface area contributed by atoms with Crippen molar-refractivity contribution >= 4 is 11.1 Å². The molecule has 0 amide bonds. The predicted molar refractivity (Wildman–Crippen MR) is 72.8 cm³/mol. The number of nitrogens with one attached hydrogen (secondary N) is 2. The molecule has 0 saturated heterocycles. The second-order valence-electron chi connectivity index (χ2n) is 5.25. The molecule has 1 atom stereocenters. The summed E-state index contributed by atoms with van der Waals surface area (Å²) in [6.07, 6.45) is 0.928. The zero-order chi connectivity index (χ0) is 13.1. The van der Waals surface area contributed by atoms with Gasteiger partial charge in [-0.2, -0.15) is 0 Å². The third-order valence-corrected chi connectivity index (χ3v) is 2.90. The fourth-order valence-corrected chi connectivity index (χ4v) is 1.98. The third-order valence-electron chi connectivity index (χ3n) is 2.90. The molecule has 1 heterocycles. The van der Waals surface area contributed by atoms with Crippen molar-refractivity contribution < 1.29 is 4.42 Å². The summed E-state index contributed by atoms with van der Waals surface area (Å²) >= 11 is 0. The first-order chi connectivity index (χ1) is 8.54. The molecule has 0 aliphatic rings. The van der Waals surface area contributed by atoms with Crippen LogP contribution in [-0.2, 0) is 6.42 Å². The van der Waals surface area contributed by atoms with Crippen LogP contribution in [-0.4, -0.2) is 17.6 Å². The van der Waals surface area contributed by atoms with Crippen molar-refractivity contribution in [1.82, 2.24) is 10.3 Å². The maximum atomic E-state index is 11.1. The first-order valence-electron chi connectivity index (χ1n) is 6.39. The Bertz CT molecular complexity index is 568. The Morgan fingerprint density at radius 3 is 2.83 bits per heavy atom. The zero-order valence-electron chi connectivity index (χ0n) is 11.1. The summed E-state index contributed by atoms with van der Waals surface area (Å²) in [7, 11) is 0. The second-order valence-corrected chi connectivity index (χ2v) is 5.25. The molecule has 0 bridgehead atoms. The fourth-order valence-electron chi connectivity index (χ4n) is 1.98. The van der Waals surface area contributed by atoms with Crippen molar-refractivity contribution in [3.63, 3.8) is 0 Å². The zero-order valence-corrected chi connectivity index (χ0v) is 11.1. The van der Waals surface area contributed by atoms with Crippen LogP contribution in [0.5, 0.6) is 0 Å². The van der Waals surface area contributed by atoms with E-state index in [-0.39, 0.29) is 0 Å². The molecule has 1 aromatic heterocycles. The summed E-state index contributed by atoms with van der Waals surface area (Å²) in [5.74, 6) is 0.255. The first-order valence-corrected chi connectivity index (χ1v) is 6.39. The lowest BCUT2D eigenvalue weighted by atomic mass is 10.1. The average Bonchev–Trinajstić information content (AvgIpc) is 2.66. The van der Waals surface area contributed by atoms with Gasteiger partial charge in [0, 0.05) is 6.04 Å². The van der Waals surface area contributed by atoms with Crippen molar-refractivity contribution in [2.24, 2.45) is 5.92 Å². The smallest absolute Gasteiger partial charge is 0.408 e. The molecule has 4 nitrogen and oxygen atoms in total. The highest BCUT2D eigenvalue weighted by Crippen LogP contribution is 2.13. The van der Waals surface area contributed by atoms with Crippen LogP contribution in [0.4, 0.5) is 0 Å². The summed E-state index contributed by atoms with van der Waals surface area (Å²) in [4.78, 5) is 13.7. The van der Waals surface area contributed by atoms with Crippen LogP contribution in [0.2, 0.25) is 0 Å². The lowest BCUT2D eigenvalue weighted by Gasteiger charge is -2.15. The van der Waals surface area contributed by atoms with E-state index in [1.54, 1.807) is 0 Å². The van der Waals surface area contributed by atoms with E-state index in [4.69, 9.17) is 4.42 Å². The van der Waals surface area contributed by atoms with Crippen LogP contribution in [0.15, 0.2) is 27.4 Å². The molecular formula is C14H20N2O2. The maximum absolute atomic E-state index is 11.1. The predicted octanol–water partition coefficient (Wildman–Crippen LogP) is 2.30. The Kier molecular flexibility index (Phi) is 3.87. The highest BCUT2D eigenvalue weighted by Gasteiger charge is 2.06. The largest absolute Gasteiger partial charge is 0.417 e. The average molecular weight is 248 g/mol. The molecule has 4 heteroatoms. The van der Waals surface area contributed by atoms with Crippen LogP contribution in [0.1, 0.15) is 26.3 Å². The van der Waals surface area contributed by atoms with Gasteiger partial charge in [0.1, 0.15) is 0 Å². The van der Waals surface area contributed by atoms with Crippen molar-refractivity contribution in [2.45, 2.75) is 33.2 Å². The van der Waals surface area contributed by atoms with Crippen LogP contribution in [0.25, 0.3) is 11.1 Å². The molecule has 0 spiro atoms. The minimum absolute atomic E-state index is 0.395. The summed E-state index contributed by atoms with van der Waals surface area (Å²) in [6, 6.07) is 6.27. The monoisotopic (exact) mass is 248 g/mol. The Labute approximate surface area is 106 Å². The van der Waals surface area contributed by atoms with E-state index < -0.39 is 5.76 Å². The van der Waals surface area contributed by atoms with Crippen LogP contribution < -0.4 is 11.1 Å². The molecular weight excluding hydrogens is 228 g/mol. The highest BCUT2D eigenvalue weighted by molar-refractivity contribution is 5.72. The Morgan fingerprint density at radius 1 is 1.33 bits per heavy atom. The third kappa shape index (κ3) is 3.23. The van der Waals surface area contributed by atoms with Gasteiger partial charge in [0.2, 0.25) is 0 Å². The quantitative estimate of drug-likeness (QED) is 0.853. The van der Waals surface area contributed by atoms with Crippen molar-refractivity contribution in [2.75, 3.05) is 6.54 Å². The molecule has 0 saturated carbocycles. The fraction of sp³-hybridized carbons (Fsp3) is 0.500. The summed E-state index contributed by atoms with van der Waals surface area (Å²) in [5.41, 5.74) is 2.56. The number of rotatable bonds is 5. The molecule has 1 aromatic carbocycles. The van der Waals surface area contributed by atoms with Gasteiger partial charge in [-0.1, -0.05) is 19.9 Å². The Hall–Kier alpha value is -1.55. The topological polar surface area (TPSA) is 58.0 Å². The van der Waals surface area contributed by atoms with Gasteiger partial charge >= 0.3 is 5.76 Å². The van der Waals surface area contributed by atoms with E-state index in [0.717, 1.165) is 18.5 Å². The minimum atomic E-state index is -0.395. The van der Waals surface area contributed by atoms with Crippen LogP contribution in [0, 0.1) is 5.92 Å². The molecule has 0 radical (unpaired) electrons. The van der Waals surface area contributed by atoms with Gasteiger partial charge in [-0.3, -0.25) is 4.98 Å². The van der Waals surface area contributed by atoms with E-state index in [2.05, 4.69) is 31.1 Å². The van der Waals surface area contributed by atoms with Gasteiger partial charge < -0.3 is 9.73 Å². The van der Waals surface area contributed by atoms with Gasteiger partial charge in [0.25, 0.3) is 0 Å². The molecule has 2 aromatic rings. The molecule has 0 aliphatic heterocycles. The molecule has 2 rings (SSSR count). The SMILES string of the molecule is CC(C)CNC(C)Cc1ccc2[nH]c(=O)oc2c1. The van der Waals surface area contributed by atoms with Crippen molar-refractivity contribution in [1.29, 1.82) is 0 Å². The number of fused-ring (bicyclic) bond motifs is 1. The highest BCUT2D eigenvalue weighted by atomic mass is 16.4. The van der Waals surface area contributed by atoms with Gasteiger partial charge in [0.05, 0.1) is 5.52 Å². The summed E-state index contributed by atoms with van der Waals surface area (Å²) in [6.45, 7) is 7.57. The summed E-state index contributed by atoms with van der Waals surface area (Å²) < 4.78 is 5.06. The number of aromatic nitrogens is 1. The lowest BCUT2D eigenvalue weighted by molar-refractivity contribution is 0.482. The normalized spacial score (nSPS) is 13.3. The first kappa shape index (κ1) is 12.9. The van der Waals surface area contributed by atoms with E-state index in [0.29, 0.717) is 17.5 Å². The number of hydrogen-bond donors (Lipinski definition) is 2. The number of H-pyrrole nitrogens is 1. The second kappa shape index (κ2) is 5.40. The number of benzene rings is 1. The van der Waals surface area contributed by atoms with Crippen molar-refractivity contribution in [3.8, 4) is 0 Å². The Morgan fingerprint density at radius 2 is 2.11 bits per heavy atom. The van der Waals surface area contributed by atoms with Gasteiger partial charge in [-0.25, -0.2) is 4.79 Å². The van der Waals surface area contributed by atoms with Gasteiger partial charge in [-0.05, 0) is 43.5 Å². The molecule has 2 N–H and O–H groups in total. The maximum Gasteiger partial charge on any atom is 0.417 e. The van der Waals surface area contributed by atoms with Crippen LogP contribution in [0.3, 0.4) is 0 Å². The number of oxazole rings is 1. The molecule has 0 aliphatic carbocycles. The number of aromatic amines is 1. The summed E-state index contributed by atoms with van der Waals surface area (Å²) in [5, 5.41) is 3.48. The molecule has 1 unspecified atom stereocenters. The van der Waals surface area contributed by atoms with Crippen molar-refractivity contribution in [3.05, 3.63) is 34.3 Å². The Balaban J connectivity index is 2.04. The van der Waals surface area contributed by atoms with E-state index in [1.165, 1.54) is 5.56 Å². The molecule has 98 valence electrons. The minimum Gasteiger partial charge on any atom is -0.408 e. The van der Waals surface area contributed by atoms with E-state index in [1.807, 2.05) is 18.2 Å².